The van der Waals surface area contributed by atoms with Gasteiger partial charge in [0.05, 0.1) is 5.41 Å². The van der Waals surface area contributed by atoms with Crippen LogP contribution in [0.3, 0.4) is 0 Å². The van der Waals surface area contributed by atoms with E-state index in [2.05, 4.69) is 41.5 Å². The third-order valence-corrected chi connectivity index (χ3v) is 4.76. The lowest BCUT2D eigenvalue weighted by Gasteiger charge is -2.44. The van der Waals surface area contributed by atoms with Gasteiger partial charge in [-0.05, 0) is 38.0 Å². The molecular formula is C18H34O4. The van der Waals surface area contributed by atoms with Crippen LogP contribution in [0, 0.1) is 23.2 Å². The molecule has 4 nitrogen and oxygen atoms in total. The van der Waals surface area contributed by atoms with Gasteiger partial charge in [0, 0.05) is 0 Å². The summed E-state index contributed by atoms with van der Waals surface area (Å²) in [5.41, 5.74) is -1.13. The maximum atomic E-state index is 12.2. The summed E-state index contributed by atoms with van der Waals surface area (Å²) in [5, 5.41) is 0. The van der Waals surface area contributed by atoms with Gasteiger partial charge in [0.15, 0.2) is 6.61 Å². The van der Waals surface area contributed by atoms with Crippen molar-refractivity contribution >= 4 is 11.9 Å². The van der Waals surface area contributed by atoms with Crippen molar-refractivity contribution in [2.75, 3.05) is 6.61 Å². The lowest BCUT2D eigenvalue weighted by molar-refractivity contribution is -0.189. The second kappa shape index (κ2) is 7.98. The van der Waals surface area contributed by atoms with Crippen molar-refractivity contribution in [3.63, 3.8) is 0 Å². The fourth-order valence-corrected chi connectivity index (χ4v) is 3.04. The Morgan fingerprint density at radius 2 is 1.32 bits per heavy atom. The molecule has 0 spiro atoms. The molecule has 0 rings (SSSR count). The molecule has 0 saturated heterocycles. The Kier molecular flexibility index (Phi) is 7.60. The molecule has 0 N–H and O–H groups in total. The summed E-state index contributed by atoms with van der Waals surface area (Å²) in [5.74, 6) is -0.301. The molecule has 0 aliphatic rings. The maximum absolute atomic E-state index is 12.2. The fraction of sp³-hybridized carbons (Fsp3) is 0.889. The van der Waals surface area contributed by atoms with E-state index in [9.17, 15) is 9.59 Å². The number of rotatable bonds is 8. The van der Waals surface area contributed by atoms with Crippen LogP contribution in [0.2, 0.25) is 0 Å². The number of ether oxygens (including phenoxy) is 2. The van der Waals surface area contributed by atoms with Crippen LogP contribution >= 0.6 is 0 Å². The normalized spacial score (nSPS) is 12.9. The molecule has 130 valence electrons. The monoisotopic (exact) mass is 314 g/mol. The minimum atomic E-state index is -0.578. The van der Waals surface area contributed by atoms with Crippen LogP contribution in [0.5, 0.6) is 0 Å². The standard InChI is InChI=1S/C18H34O4/c1-10-17(8,9)16(20)21-11-15(19)22-18(12(2)3,13(4)5)14(6)7/h12-14H,10-11H2,1-9H3. The second-order valence-corrected chi connectivity index (χ2v) is 7.61. The van der Waals surface area contributed by atoms with Gasteiger partial charge in [0.1, 0.15) is 5.60 Å². The first kappa shape index (κ1) is 20.9. The van der Waals surface area contributed by atoms with Crippen molar-refractivity contribution in [3.8, 4) is 0 Å². The Balaban J connectivity index is 4.91. The lowest BCUT2D eigenvalue weighted by atomic mass is 9.72. The summed E-state index contributed by atoms with van der Waals surface area (Å²) in [6.45, 7) is 17.5. The van der Waals surface area contributed by atoms with E-state index in [1.165, 1.54) is 0 Å². The summed E-state index contributed by atoms with van der Waals surface area (Å²) in [4.78, 5) is 24.1. The van der Waals surface area contributed by atoms with Crippen molar-refractivity contribution in [1.29, 1.82) is 0 Å². The molecule has 0 aliphatic heterocycles. The van der Waals surface area contributed by atoms with Gasteiger partial charge in [-0.15, -0.1) is 0 Å². The van der Waals surface area contributed by atoms with E-state index in [0.717, 1.165) is 0 Å². The highest BCUT2D eigenvalue weighted by Gasteiger charge is 2.44. The SMILES string of the molecule is CCC(C)(C)C(=O)OCC(=O)OC(C(C)C)(C(C)C)C(C)C. The minimum absolute atomic E-state index is 0.180. The highest BCUT2D eigenvalue weighted by atomic mass is 16.6. The van der Waals surface area contributed by atoms with Gasteiger partial charge in [-0.1, -0.05) is 48.5 Å². The Morgan fingerprint density at radius 3 is 1.64 bits per heavy atom. The van der Waals surface area contributed by atoms with Crippen molar-refractivity contribution in [1.82, 2.24) is 0 Å². The zero-order chi connectivity index (χ0) is 17.7. The topological polar surface area (TPSA) is 52.6 Å². The molecule has 0 aromatic carbocycles. The van der Waals surface area contributed by atoms with Crippen LogP contribution in [-0.4, -0.2) is 24.1 Å². The third-order valence-electron chi connectivity index (χ3n) is 4.76. The molecule has 0 aliphatic carbocycles. The molecule has 0 fully saturated rings. The summed E-state index contributed by atoms with van der Waals surface area (Å²) in [6.07, 6.45) is 0.662. The predicted octanol–water partition coefficient (Wildman–Crippen LogP) is 4.22. The molecule has 0 amide bonds. The van der Waals surface area contributed by atoms with Gasteiger partial charge >= 0.3 is 11.9 Å². The van der Waals surface area contributed by atoms with Crippen LogP contribution in [0.15, 0.2) is 0 Å². The highest BCUT2D eigenvalue weighted by molar-refractivity contribution is 5.80. The van der Waals surface area contributed by atoms with Gasteiger partial charge in [-0.2, -0.15) is 0 Å². The van der Waals surface area contributed by atoms with E-state index in [-0.39, 0.29) is 30.3 Å². The van der Waals surface area contributed by atoms with Crippen molar-refractivity contribution in [3.05, 3.63) is 0 Å². The van der Waals surface area contributed by atoms with E-state index >= 15 is 0 Å². The number of hydrogen-bond acceptors (Lipinski definition) is 4. The Bertz CT molecular complexity index is 359. The molecule has 0 aromatic heterocycles. The number of hydrogen-bond donors (Lipinski definition) is 0. The molecule has 22 heavy (non-hydrogen) atoms. The quantitative estimate of drug-likeness (QED) is 0.630. The van der Waals surface area contributed by atoms with E-state index < -0.39 is 17.0 Å². The van der Waals surface area contributed by atoms with Gasteiger partial charge < -0.3 is 9.47 Å². The summed E-state index contributed by atoms with van der Waals surface area (Å²) >= 11 is 0. The molecule has 0 aromatic rings. The first-order chi connectivity index (χ1) is 9.91. The van der Waals surface area contributed by atoms with Crippen LogP contribution in [0.4, 0.5) is 0 Å². The number of esters is 2. The molecule has 0 unspecified atom stereocenters. The van der Waals surface area contributed by atoms with Crippen molar-refractivity contribution < 1.29 is 19.1 Å². The van der Waals surface area contributed by atoms with Crippen LogP contribution < -0.4 is 0 Å². The molecule has 0 radical (unpaired) electrons. The highest BCUT2D eigenvalue weighted by Crippen LogP contribution is 2.37. The fourth-order valence-electron chi connectivity index (χ4n) is 3.04. The molecule has 0 bridgehead atoms. The third kappa shape index (κ3) is 4.72. The second-order valence-electron chi connectivity index (χ2n) is 7.61. The molecule has 4 heteroatoms. The van der Waals surface area contributed by atoms with Gasteiger partial charge in [0.2, 0.25) is 0 Å². The van der Waals surface area contributed by atoms with Crippen LogP contribution in [0.1, 0.15) is 68.7 Å². The van der Waals surface area contributed by atoms with E-state index in [1.807, 2.05) is 6.92 Å². The molecule has 0 atom stereocenters. The maximum Gasteiger partial charge on any atom is 0.344 e. The summed E-state index contributed by atoms with van der Waals surface area (Å²) < 4.78 is 10.9. The zero-order valence-corrected chi connectivity index (χ0v) is 15.8. The van der Waals surface area contributed by atoms with Gasteiger partial charge in [0.25, 0.3) is 0 Å². The van der Waals surface area contributed by atoms with E-state index in [0.29, 0.717) is 6.42 Å². The van der Waals surface area contributed by atoms with Crippen molar-refractivity contribution in [2.24, 2.45) is 23.2 Å². The smallest absolute Gasteiger partial charge is 0.344 e. The van der Waals surface area contributed by atoms with Crippen molar-refractivity contribution in [2.45, 2.75) is 74.3 Å². The zero-order valence-electron chi connectivity index (χ0n) is 15.8. The van der Waals surface area contributed by atoms with E-state index in [1.54, 1.807) is 13.8 Å². The van der Waals surface area contributed by atoms with Crippen LogP contribution in [0.25, 0.3) is 0 Å². The lowest BCUT2D eigenvalue weighted by Crippen LogP contribution is -2.50. The van der Waals surface area contributed by atoms with E-state index in [4.69, 9.17) is 9.47 Å². The Labute approximate surface area is 135 Å². The van der Waals surface area contributed by atoms with Crippen LogP contribution in [-0.2, 0) is 19.1 Å². The van der Waals surface area contributed by atoms with Gasteiger partial charge in [-0.25, -0.2) is 4.79 Å². The molecule has 0 heterocycles. The Hall–Kier alpha value is -1.06. The minimum Gasteiger partial charge on any atom is -0.456 e. The average molecular weight is 314 g/mol. The number of carbonyl (C=O) groups excluding carboxylic acids is 2. The van der Waals surface area contributed by atoms with Gasteiger partial charge in [-0.3, -0.25) is 4.79 Å². The first-order valence-electron chi connectivity index (χ1n) is 8.30. The predicted molar refractivity (Wildman–Crippen MR) is 88.4 cm³/mol. The summed E-state index contributed by atoms with van der Waals surface area (Å²) in [7, 11) is 0. The molecule has 0 saturated carbocycles. The average Bonchev–Trinajstić information content (AvgIpc) is 2.40. The Morgan fingerprint density at radius 1 is 0.909 bits per heavy atom. The number of carbonyl (C=O) groups is 2. The summed E-state index contributed by atoms with van der Waals surface area (Å²) in [6, 6.07) is 0. The molecular weight excluding hydrogens is 280 g/mol. The first-order valence-corrected chi connectivity index (χ1v) is 8.30. The largest absolute Gasteiger partial charge is 0.456 e.